The van der Waals surface area contributed by atoms with Crippen molar-refractivity contribution < 1.29 is 23.9 Å². The maximum Gasteiger partial charge on any atom is 0.325 e. The molecule has 0 aromatic heterocycles. The van der Waals surface area contributed by atoms with E-state index in [1.165, 1.54) is 0 Å². The molecule has 1 aliphatic heterocycles. The molecule has 31 heavy (non-hydrogen) atoms. The Balaban J connectivity index is 1.52. The quantitative estimate of drug-likeness (QED) is 0.668. The first-order valence-corrected chi connectivity index (χ1v) is 10.4. The molecule has 8 heteroatoms. The van der Waals surface area contributed by atoms with Gasteiger partial charge in [0.25, 0.3) is 5.91 Å². The topological polar surface area (TPSA) is 97.0 Å². The highest BCUT2D eigenvalue weighted by Crippen LogP contribution is 2.41. The second kappa shape index (κ2) is 8.29. The van der Waals surface area contributed by atoms with Crippen LogP contribution in [0.1, 0.15) is 31.4 Å². The molecule has 1 atom stereocenters. The van der Waals surface area contributed by atoms with Gasteiger partial charge in [0.15, 0.2) is 0 Å². The van der Waals surface area contributed by atoms with Crippen LogP contribution in [-0.4, -0.2) is 42.5 Å². The van der Waals surface area contributed by atoms with Crippen LogP contribution >= 0.6 is 0 Å². The molecule has 4 amide bonds. The molecule has 8 nitrogen and oxygen atoms in total. The van der Waals surface area contributed by atoms with E-state index in [0.717, 1.165) is 16.0 Å². The summed E-state index contributed by atoms with van der Waals surface area (Å²) in [4.78, 5) is 39.6. The number of benzene rings is 2. The number of rotatable bonds is 7. The van der Waals surface area contributed by atoms with Gasteiger partial charge in [-0.2, -0.15) is 0 Å². The van der Waals surface area contributed by atoms with Crippen molar-refractivity contribution in [1.82, 2.24) is 10.2 Å². The number of urea groups is 1. The van der Waals surface area contributed by atoms with Crippen molar-refractivity contribution in [3.05, 3.63) is 53.6 Å². The zero-order valence-electron chi connectivity index (χ0n) is 17.6. The number of fused-ring (bicyclic) bond motifs is 2. The monoisotopic (exact) mass is 423 g/mol. The standard InChI is InChI=1S/C23H25N3O5/c1-3-30-16-9-10-19(31-4-2)18(13-16)24-20(27)14-26-21(28)23(25-22(26)29)12-11-15-7-5-6-8-17(15)23/h5-10,13H,3-4,11-12,14H2,1-2H3,(H,24,27)(H,25,29). The zero-order valence-corrected chi connectivity index (χ0v) is 17.6. The van der Waals surface area contributed by atoms with Gasteiger partial charge >= 0.3 is 6.03 Å². The lowest BCUT2D eigenvalue weighted by atomic mass is 9.92. The predicted octanol–water partition coefficient (Wildman–Crippen LogP) is 2.82. The molecular weight excluding hydrogens is 398 g/mol. The molecule has 2 N–H and O–H groups in total. The summed E-state index contributed by atoms with van der Waals surface area (Å²) in [5.74, 6) is 0.169. The van der Waals surface area contributed by atoms with Crippen LogP contribution in [0, 0.1) is 0 Å². The predicted molar refractivity (Wildman–Crippen MR) is 114 cm³/mol. The van der Waals surface area contributed by atoms with Crippen LogP contribution in [0.15, 0.2) is 42.5 Å². The van der Waals surface area contributed by atoms with Gasteiger partial charge < -0.3 is 20.1 Å². The summed E-state index contributed by atoms with van der Waals surface area (Å²) in [6, 6.07) is 12.1. The molecule has 0 bridgehead atoms. The van der Waals surface area contributed by atoms with Gasteiger partial charge in [-0.05, 0) is 49.9 Å². The normalized spacial score (nSPS) is 19.4. The van der Waals surface area contributed by atoms with Crippen molar-refractivity contribution in [1.29, 1.82) is 0 Å². The number of ether oxygens (including phenoxy) is 2. The lowest BCUT2D eigenvalue weighted by Crippen LogP contribution is -2.43. The number of carbonyl (C=O) groups is 3. The molecule has 1 saturated heterocycles. The third-order valence-corrected chi connectivity index (χ3v) is 5.56. The number of hydrogen-bond acceptors (Lipinski definition) is 5. The molecule has 1 unspecified atom stereocenters. The van der Waals surface area contributed by atoms with Crippen LogP contribution < -0.4 is 20.1 Å². The van der Waals surface area contributed by atoms with E-state index in [1.54, 1.807) is 18.2 Å². The summed E-state index contributed by atoms with van der Waals surface area (Å²) >= 11 is 0. The zero-order chi connectivity index (χ0) is 22.0. The minimum Gasteiger partial charge on any atom is -0.494 e. The number of nitrogens with zero attached hydrogens (tertiary/aromatic N) is 1. The van der Waals surface area contributed by atoms with Gasteiger partial charge in [0.2, 0.25) is 5.91 Å². The molecule has 162 valence electrons. The number of carbonyl (C=O) groups excluding carboxylic acids is 3. The number of nitrogens with one attached hydrogen (secondary N) is 2. The molecule has 0 radical (unpaired) electrons. The molecule has 2 aromatic rings. The Hall–Kier alpha value is -3.55. The van der Waals surface area contributed by atoms with Crippen molar-refractivity contribution >= 4 is 23.5 Å². The first-order chi connectivity index (χ1) is 15.0. The van der Waals surface area contributed by atoms with E-state index in [0.29, 0.717) is 43.2 Å². The van der Waals surface area contributed by atoms with Crippen molar-refractivity contribution in [2.24, 2.45) is 0 Å². The average Bonchev–Trinajstić information content (AvgIpc) is 3.24. The molecule has 4 rings (SSSR count). The summed E-state index contributed by atoms with van der Waals surface area (Å²) in [5, 5.41) is 5.57. The smallest absolute Gasteiger partial charge is 0.325 e. The van der Waals surface area contributed by atoms with Crippen LogP contribution in [0.3, 0.4) is 0 Å². The number of amides is 4. The van der Waals surface area contributed by atoms with Crippen LogP contribution in [0.2, 0.25) is 0 Å². The minimum absolute atomic E-state index is 0.390. The second-order valence-electron chi connectivity index (χ2n) is 7.46. The van der Waals surface area contributed by atoms with Crippen LogP contribution in [-0.2, 0) is 21.5 Å². The van der Waals surface area contributed by atoms with Crippen LogP contribution in [0.5, 0.6) is 11.5 Å². The Morgan fingerprint density at radius 2 is 1.90 bits per heavy atom. The van der Waals surface area contributed by atoms with E-state index in [2.05, 4.69) is 10.6 Å². The third kappa shape index (κ3) is 3.69. The molecule has 1 heterocycles. The second-order valence-corrected chi connectivity index (χ2v) is 7.46. The Morgan fingerprint density at radius 3 is 2.68 bits per heavy atom. The molecule has 1 spiro atoms. The maximum absolute atomic E-state index is 13.2. The van der Waals surface area contributed by atoms with Gasteiger partial charge in [-0.25, -0.2) is 4.79 Å². The summed E-state index contributed by atoms with van der Waals surface area (Å²) in [5.41, 5.74) is 1.18. The van der Waals surface area contributed by atoms with Crippen molar-refractivity contribution in [2.45, 2.75) is 32.2 Å². The fourth-order valence-electron chi connectivity index (χ4n) is 4.21. The summed E-state index contributed by atoms with van der Waals surface area (Å²) in [7, 11) is 0. The molecule has 2 aliphatic rings. The number of anilines is 1. The lowest BCUT2D eigenvalue weighted by molar-refractivity contribution is -0.134. The first kappa shape index (κ1) is 20.7. The van der Waals surface area contributed by atoms with Gasteiger partial charge in [0, 0.05) is 6.07 Å². The number of imide groups is 1. The van der Waals surface area contributed by atoms with E-state index >= 15 is 0 Å². The van der Waals surface area contributed by atoms with Crippen molar-refractivity contribution in [3.8, 4) is 11.5 Å². The van der Waals surface area contributed by atoms with E-state index in [4.69, 9.17) is 9.47 Å². The highest BCUT2D eigenvalue weighted by atomic mass is 16.5. The molecule has 0 saturated carbocycles. The van der Waals surface area contributed by atoms with E-state index in [9.17, 15) is 14.4 Å². The minimum atomic E-state index is -1.08. The molecule has 2 aromatic carbocycles. The summed E-state index contributed by atoms with van der Waals surface area (Å²) in [6.45, 7) is 4.22. The Morgan fingerprint density at radius 1 is 1.13 bits per heavy atom. The Kier molecular flexibility index (Phi) is 5.54. The average molecular weight is 423 g/mol. The van der Waals surface area contributed by atoms with Gasteiger partial charge in [0.1, 0.15) is 23.6 Å². The molecular formula is C23H25N3O5. The SMILES string of the molecule is CCOc1ccc(OCC)c(NC(=O)CN2C(=O)NC3(CCc4ccccc43)C2=O)c1. The summed E-state index contributed by atoms with van der Waals surface area (Å²) < 4.78 is 11.1. The molecule has 1 fully saturated rings. The summed E-state index contributed by atoms with van der Waals surface area (Å²) in [6.07, 6.45) is 1.18. The van der Waals surface area contributed by atoms with Crippen LogP contribution in [0.25, 0.3) is 0 Å². The van der Waals surface area contributed by atoms with E-state index in [-0.39, 0.29) is 6.54 Å². The van der Waals surface area contributed by atoms with E-state index in [1.807, 2.05) is 38.1 Å². The van der Waals surface area contributed by atoms with Crippen molar-refractivity contribution in [3.63, 3.8) is 0 Å². The highest BCUT2D eigenvalue weighted by Gasteiger charge is 2.55. The van der Waals surface area contributed by atoms with Crippen molar-refractivity contribution in [2.75, 3.05) is 25.1 Å². The maximum atomic E-state index is 13.2. The van der Waals surface area contributed by atoms with Gasteiger partial charge in [-0.3, -0.25) is 14.5 Å². The Bertz CT molecular complexity index is 1040. The fraction of sp³-hybridized carbons (Fsp3) is 0.348. The first-order valence-electron chi connectivity index (χ1n) is 10.4. The number of aryl methyl sites for hydroxylation is 1. The lowest BCUT2D eigenvalue weighted by Gasteiger charge is -2.22. The van der Waals surface area contributed by atoms with Gasteiger partial charge in [-0.1, -0.05) is 24.3 Å². The number of hydrogen-bond donors (Lipinski definition) is 2. The van der Waals surface area contributed by atoms with Gasteiger partial charge in [0.05, 0.1) is 18.9 Å². The largest absolute Gasteiger partial charge is 0.494 e. The highest BCUT2D eigenvalue weighted by molar-refractivity contribution is 6.11. The third-order valence-electron chi connectivity index (χ3n) is 5.56. The van der Waals surface area contributed by atoms with Crippen LogP contribution in [0.4, 0.5) is 10.5 Å². The fourth-order valence-corrected chi connectivity index (χ4v) is 4.21. The Labute approximate surface area is 180 Å². The van der Waals surface area contributed by atoms with E-state index < -0.39 is 23.4 Å². The molecule has 1 aliphatic carbocycles. The van der Waals surface area contributed by atoms with Gasteiger partial charge in [-0.15, -0.1) is 0 Å².